The van der Waals surface area contributed by atoms with Gasteiger partial charge in [-0.15, -0.1) is 0 Å². The lowest BCUT2D eigenvalue weighted by Gasteiger charge is -2.57. The second kappa shape index (κ2) is 4.73. The topological polar surface area (TPSA) is 9.23 Å². The first kappa shape index (κ1) is 14.5. The highest BCUT2D eigenvalue weighted by molar-refractivity contribution is 5.07. The minimum atomic E-state index is 0.482. The van der Waals surface area contributed by atoms with Crippen LogP contribution >= 0.6 is 0 Å². The summed E-state index contributed by atoms with van der Waals surface area (Å²) >= 11 is 0. The first-order chi connectivity index (χ1) is 9.93. The van der Waals surface area contributed by atoms with E-state index >= 15 is 0 Å². The van der Waals surface area contributed by atoms with Gasteiger partial charge in [0.05, 0.1) is 12.7 Å². The average molecular weight is 290 g/mol. The predicted molar refractivity (Wildman–Crippen MR) is 87.1 cm³/mol. The molecule has 1 unspecified atom stereocenters. The molecule has 4 rings (SSSR count). The van der Waals surface area contributed by atoms with Crippen LogP contribution in [0.3, 0.4) is 0 Å². The highest BCUT2D eigenvalue weighted by Crippen LogP contribution is 2.62. The summed E-state index contributed by atoms with van der Waals surface area (Å²) in [5, 5.41) is 0. The van der Waals surface area contributed by atoms with Gasteiger partial charge in [-0.1, -0.05) is 40.5 Å². The van der Waals surface area contributed by atoms with E-state index in [4.69, 9.17) is 4.74 Å². The fraction of sp³-hybridized carbons (Fsp3) is 1.00. The van der Waals surface area contributed by atoms with Gasteiger partial charge in [-0.2, -0.15) is 0 Å². The SMILES string of the molecule is C[C@@H]1CC[C@@H]2C3OC[C@@H]4CCC[C@@](C)(CC[C@@H]1C2(C)C)[C@H]34. The van der Waals surface area contributed by atoms with Crippen molar-refractivity contribution in [2.75, 3.05) is 6.61 Å². The van der Waals surface area contributed by atoms with Crippen molar-refractivity contribution >= 4 is 0 Å². The molecule has 2 bridgehead atoms. The van der Waals surface area contributed by atoms with E-state index in [9.17, 15) is 0 Å². The quantitative estimate of drug-likeness (QED) is 0.589. The van der Waals surface area contributed by atoms with Crippen LogP contribution in [-0.2, 0) is 4.74 Å². The normalized spacial score (nSPS) is 55.4. The Kier molecular flexibility index (Phi) is 3.27. The Bertz CT molecular complexity index is 414. The van der Waals surface area contributed by atoms with Crippen molar-refractivity contribution in [3.63, 3.8) is 0 Å². The molecule has 1 heteroatoms. The van der Waals surface area contributed by atoms with Crippen molar-refractivity contribution in [3.05, 3.63) is 0 Å². The van der Waals surface area contributed by atoms with E-state index in [0.717, 1.165) is 36.2 Å². The third kappa shape index (κ3) is 1.98. The highest BCUT2D eigenvalue weighted by Gasteiger charge is 2.58. The van der Waals surface area contributed by atoms with Crippen LogP contribution in [0.2, 0.25) is 0 Å². The summed E-state index contributed by atoms with van der Waals surface area (Å²) in [6.45, 7) is 11.3. The van der Waals surface area contributed by atoms with E-state index < -0.39 is 0 Å². The van der Waals surface area contributed by atoms with E-state index in [-0.39, 0.29) is 0 Å². The van der Waals surface area contributed by atoms with Crippen LogP contribution in [0, 0.1) is 40.4 Å². The second-order valence-corrected chi connectivity index (χ2v) is 9.76. The molecule has 21 heavy (non-hydrogen) atoms. The standard InChI is InChI=1S/C20H34O/c1-13-7-8-16-18-17-14(12-21-18)6-5-10-20(17,4)11-9-15(13)19(16,2)3/h13-18H,5-12H2,1-4H3/t13-,14+,15+,16-,17+,18?,20+/m1/s1. The van der Waals surface area contributed by atoms with E-state index in [0.29, 0.717) is 16.9 Å². The van der Waals surface area contributed by atoms with Gasteiger partial charge in [-0.25, -0.2) is 0 Å². The fourth-order valence-corrected chi connectivity index (χ4v) is 7.28. The molecule has 0 aromatic heterocycles. The third-order valence-electron chi connectivity index (χ3n) is 8.45. The number of ether oxygens (including phenoxy) is 1. The molecule has 0 spiro atoms. The van der Waals surface area contributed by atoms with Crippen molar-refractivity contribution in [2.45, 2.75) is 78.7 Å². The molecular formula is C20H34O. The third-order valence-corrected chi connectivity index (χ3v) is 8.45. The van der Waals surface area contributed by atoms with Crippen LogP contribution in [0.5, 0.6) is 0 Å². The molecule has 120 valence electrons. The van der Waals surface area contributed by atoms with Crippen LogP contribution in [0.25, 0.3) is 0 Å². The summed E-state index contributed by atoms with van der Waals surface area (Å²) in [5.41, 5.74) is 1.06. The molecule has 7 atom stereocenters. The maximum atomic E-state index is 6.53. The zero-order valence-electron chi connectivity index (χ0n) is 14.5. The molecule has 4 fully saturated rings. The molecule has 0 amide bonds. The Labute approximate surface area is 131 Å². The predicted octanol–water partition coefficient (Wildman–Crippen LogP) is 5.29. The van der Waals surface area contributed by atoms with Crippen LogP contribution in [-0.4, -0.2) is 12.7 Å². The van der Waals surface area contributed by atoms with Crippen LogP contribution in [0.15, 0.2) is 0 Å². The molecule has 0 aromatic carbocycles. The summed E-state index contributed by atoms with van der Waals surface area (Å²) in [4.78, 5) is 0. The first-order valence-corrected chi connectivity index (χ1v) is 9.55. The largest absolute Gasteiger partial charge is 0.377 e. The van der Waals surface area contributed by atoms with Gasteiger partial charge in [0.2, 0.25) is 0 Å². The van der Waals surface area contributed by atoms with Crippen LogP contribution in [0.1, 0.15) is 72.6 Å². The maximum absolute atomic E-state index is 6.53. The minimum absolute atomic E-state index is 0.482. The van der Waals surface area contributed by atoms with E-state index in [1.807, 2.05) is 0 Å². The Morgan fingerprint density at radius 1 is 0.905 bits per heavy atom. The van der Waals surface area contributed by atoms with Crippen molar-refractivity contribution in [1.29, 1.82) is 0 Å². The number of fused-ring (bicyclic) bond motifs is 3. The van der Waals surface area contributed by atoms with Crippen molar-refractivity contribution in [3.8, 4) is 0 Å². The lowest BCUT2D eigenvalue weighted by Crippen LogP contribution is -2.53. The van der Waals surface area contributed by atoms with Crippen molar-refractivity contribution in [1.82, 2.24) is 0 Å². The zero-order chi connectivity index (χ0) is 14.8. The molecule has 0 radical (unpaired) electrons. The Morgan fingerprint density at radius 2 is 1.71 bits per heavy atom. The lowest BCUT2D eigenvalue weighted by molar-refractivity contribution is -0.119. The monoisotopic (exact) mass is 290 g/mol. The van der Waals surface area contributed by atoms with Gasteiger partial charge >= 0.3 is 0 Å². The molecule has 3 aliphatic carbocycles. The van der Waals surface area contributed by atoms with Gasteiger partial charge in [-0.05, 0) is 72.5 Å². The summed E-state index contributed by atoms with van der Waals surface area (Å²) in [6.07, 6.45) is 10.7. The minimum Gasteiger partial charge on any atom is -0.377 e. The van der Waals surface area contributed by atoms with Gasteiger partial charge < -0.3 is 4.74 Å². The smallest absolute Gasteiger partial charge is 0.0645 e. The summed E-state index contributed by atoms with van der Waals surface area (Å²) in [7, 11) is 0. The van der Waals surface area contributed by atoms with Crippen LogP contribution < -0.4 is 0 Å². The van der Waals surface area contributed by atoms with E-state index in [2.05, 4.69) is 27.7 Å². The van der Waals surface area contributed by atoms with E-state index in [1.165, 1.54) is 44.9 Å². The zero-order valence-corrected chi connectivity index (χ0v) is 14.5. The van der Waals surface area contributed by atoms with Crippen molar-refractivity contribution < 1.29 is 4.74 Å². The Hall–Kier alpha value is -0.0400. The number of hydrogen-bond donors (Lipinski definition) is 0. The Balaban J connectivity index is 1.75. The van der Waals surface area contributed by atoms with Crippen molar-refractivity contribution in [2.24, 2.45) is 40.4 Å². The molecule has 4 aliphatic rings. The van der Waals surface area contributed by atoms with Gasteiger partial charge in [0, 0.05) is 0 Å². The van der Waals surface area contributed by atoms with Crippen LogP contribution in [0.4, 0.5) is 0 Å². The maximum Gasteiger partial charge on any atom is 0.0645 e. The summed E-state index contributed by atoms with van der Waals surface area (Å²) < 4.78 is 6.53. The fourth-order valence-electron chi connectivity index (χ4n) is 7.28. The summed E-state index contributed by atoms with van der Waals surface area (Å²) in [6, 6.07) is 0. The molecule has 1 saturated heterocycles. The molecule has 1 heterocycles. The molecule has 0 aromatic rings. The second-order valence-electron chi connectivity index (χ2n) is 9.76. The lowest BCUT2D eigenvalue weighted by atomic mass is 9.48. The van der Waals surface area contributed by atoms with Gasteiger partial charge in [0.25, 0.3) is 0 Å². The molecule has 1 nitrogen and oxygen atoms in total. The summed E-state index contributed by atoms with van der Waals surface area (Å²) in [5.74, 6) is 4.38. The molecule has 0 N–H and O–H groups in total. The first-order valence-electron chi connectivity index (χ1n) is 9.55. The Morgan fingerprint density at radius 3 is 2.52 bits per heavy atom. The number of rotatable bonds is 0. The van der Waals surface area contributed by atoms with Gasteiger partial charge in [0.15, 0.2) is 0 Å². The number of hydrogen-bond acceptors (Lipinski definition) is 1. The molecular weight excluding hydrogens is 256 g/mol. The van der Waals surface area contributed by atoms with Gasteiger partial charge in [0.1, 0.15) is 0 Å². The van der Waals surface area contributed by atoms with Gasteiger partial charge in [-0.3, -0.25) is 0 Å². The highest BCUT2D eigenvalue weighted by atomic mass is 16.5. The van der Waals surface area contributed by atoms with E-state index in [1.54, 1.807) is 0 Å². The molecule has 1 aliphatic heterocycles. The average Bonchev–Trinajstić information content (AvgIpc) is 2.82. The molecule has 3 saturated carbocycles.